The van der Waals surface area contributed by atoms with Crippen molar-refractivity contribution in [3.8, 4) is 0 Å². The van der Waals surface area contributed by atoms with Crippen LogP contribution in [0.4, 0.5) is 4.39 Å². The fraction of sp³-hybridized carbons (Fsp3) is 0.500. The van der Waals surface area contributed by atoms with Crippen molar-refractivity contribution in [2.75, 3.05) is 0 Å². The topological polar surface area (TPSA) is 26.0 Å². The van der Waals surface area contributed by atoms with Crippen LogP contribution < -0.4 is 5.73 Å². The van der Waals surface area contributed by atoms with Crippen LogP contribution in [0.3, 0.4) is 0 Å². The standard InChI is InChI=1S/C12H15BrFN/c1-8(15)12(4-5-12)7-9-2-3-11(14)10(13)6-9/h2-3,6,8H,4-5,7,15H2,1H3. The fourth-order valence-electron chi connectivity index (χ4n) is 2.01. The molecule has 0 aromatic heterocycles. The summed E-state index contributed by atoms with van der Waals surface area (Å²) in [4.78, 5) is 0. The molecule has 0 radical (unpaired) electrons. The third-order valence-corrected chi connectivity index (χ3v) is 4.01. The summed E-state index contributed by atoms with van der Waals surface area (Å²) >= 11 is 3.20. The van der Waals surface area contributed by atoms with Gasteiger partial charge in [0.25, 0.3) is 0 Å². The number of benzene rings is 1. The third-order valence-electron chi connectivity index (χ3n) is 3.40. The maximum Gasteiger partial charge on any atom is 0.137 e. The number of rotatable bonds is 3. The highest BCUT2D eigenvalue weighted by atomic mass is 79.9. The van der Waals surface area contributed by atoms with Gasteiger partial charge in [-0.1, -0.05) is 6.07 Å². The number of halogens is 2. The van der Waals surface area contributed by atoms with Crippen LogP contribution in [0.1, 0.15) is 25.3 Å². The van der Waals surface area contributed by atoms with E-state index in [1.165, 1.54) is 18.9 Å². The van der Waals surface area contributed by atoms with Crippen LogP contribution >= 0.6 is 15.9 Å². The van der Waals surface area contributed by atoms with E-state index in [2.05, 4.69) is 22.9 Å². The van der Waals surface area contributed by atoms with E-state index >= 15 is 0 Å². The van der Waals surface area contributed by atoms with Gasteiger partial charge >= 0.3 is 0 Å². The molecule has 0 bridgehead atoms. The highest BCUT2D eigenvalue weighted by Crippen LogP contribution is 2.50. The van der Waals surface area contributed by atoms with E-state index in [-0.39, 0.29) is 17.3 Å². The largest absolute Gasteiger partial charge is 0.327 e. The summed E-state index contributed by atoms with van der Waals surface area (Å²) in [5.74, 6) is -0.204. The van der Waals surface area contributed by atoms with Crippen LogP contribution in [0.5, 0.6) is 0 Å². The number of nitrogens with two attached hydrogens (primary N) is 1. The zero-order valence-corrected chi connectivity index (χ0v) is 10.3. The van der Waals surface area contributed by atoms with E-state index in [9.17, 15) is 4.39 Å². The summed E-state index contributed by atoms with van der Waals surface area (Å²) in [7, 11) is 0. The molecule has 1 aliphatic rings. The molecular weight excluding hydrogens is 257 g/mol. The van der Waals surface area contributed by atoms with Gasteiger partial charge in [-0.15, -0.1) is 0 Å². The highest BCUT2D eigenvalue weighted by molar-refractivity contribution is 9.10. The molecule has 0 aliphatic heterocycles. The van der Waals surface area contributed by atoms with E-state index in [0.717, 1.165) is 12.0 Å². The van der Waals surface area contributed by atoms with Gasteiger partial charge < -0.3 is 5.73 Å². The van der Waals surface area contributed by atoms with Crippen LogP contribution in [0, 0.1) is 11.2 Å². The van der Waals surface area contributed by atoms with Gasteiger partial charge in [-0.25, -0.2) is 4.39 Å². The highest BCUT2D eigenvalue weighted by Gasteiger charge is 2.45. The lowest BCUT2D eigenvalue weighted by atomic mass is 9.90. The molecule has 3 heteroatoms. The normalized spacial score (nSPS) is 20.0. The Bertz CT molecular complexity index is 372. The molecule has 1 nitrogen and oxygen atoms in total. The summed E-state index contributed by atoms with van der Waals surface area (Å²) in [6, 6.07) is 5.44. The van der Waals surface area contributed by atoms with Crippen molar-refractivity contribution in [2.45, 2.75) is 32.2 Å². The molecule has 2 N–H and O–H groups in total. The summed E-state index contributed by atoms with van der Waals surface area (Å²) in [6.07, 6.45) is 3.35. The van der Waals surface area contributed by atoms with Crippen molar-refractivity contribution >= 4 is 15.9 Å². The van der Waals surface area contributed by atoms with Crippen LogP contribution in [0.25, 0.3) is 0 Å². The Morgan fingerprint density at radius 1 is 1.53 bits per heavy atom. The molecule has 0 heterocycles. The second-order valence-electron chi connectivity index (χ2n) is 4.58. The average Bonchev–Trinajstić information content (AvgIpc) is 2.93. The third kappa shape index (κ3) is 2.23. The molecule has 2 rings (SSSR count). The lowest BCUT2D eigenvalue weighted by Crippen LogP contribution is -2.29. The van der Waals surface area contributed by atoms with Crippen molar-refractivity contribution in [3.63, 3.8) is 0 Å². The van der Waals surface area contributed by atoms with Crippen LogP contribution in [-0.4, -0.2) is 6.04 Å². The second-order valence-corrected chi connectivity index (χ2v) is 5.43. The molecule has 1 atom stereocenters. The zero-order chi connectivity index (χ0) is 11.1. The number of hydrogen-bond donors (Lipinski definition) is 1. The first-order chi connectivity index (χ1) is 7.03. The van der Waals surface area contributed by atoms with E-state index < -0.39 is 0 Å². The van der Waals surface area contributed by atoms with E-state index in [0.29, 0.717) is 4.47 Å². The Labute approximate surface area is 98.0 Å². The molecule has 15 heavy (non-hydrogen) atoms. The smallest absolute Gasteiger partial charge is 0.137 e. The van der Waals surface area contributed by atoms with Gasteiger partial charge in [-0.05, 0) is 65.2 Å². The van der Waals surface area contributed by atoms with Gasteiger partial charge in [0.1, 0.15) is 5.82 Å². The minimum absolute atomic E-state index is 0.204. The van der Waals surface area contributed by atoms with Gasteiger partial charge in [0.15, 0.2) is 0 Å². The molecule has 1 aromatic rings. The zero-order valence-electron chi connectivity index (χ0n) is 8.76. The maximum absolute atomic E-state index is 13.0. The molecule has 0 saturated heterocycles. The van der Waals surface area contributed by atoms with Crippen molar-refractivity contribution in [1.82, 2.24) is 0 Å². The SMILES string of the molecule is CC(N)C1(Cc2ccc(F)c(Br)c2)CC1. The molecule has 0 amide bonds. The van der Waals surface area contributed by atoms with Crippen molar-refractivity contribution in [2.24, 2.45) is 11.1 Å². The van der Waals surface area contributed by atoms with Crippen molar-refractivity contribution in [1.29, 1.82) is 0 Å². The van der Waals surface area contributed by atoms with Crippen LogP contribution in [-0.2, 0) is 6.42 Å². The molecule has 0 spiro atoms. The van der Waals surface area contributed by atoms with Gasteiger partial charge in [0, 0.05) is 6.04 Å². The van der Waals surface area contributed by atoms with Crippen LogP contribution in [0.15, 0.2) is 22.7 Å². The summed E-state index contributed by atoms with van der Waals surface area (Å²) in [6.45, 7) is 2.06. The maximum atomic E-state index is 13.0. The van der Waals surface area contributed by atoms with Gasteiger partial charge in [-0.2, -0.15) is 0 Å². The molecule has 1 unspecified atom stereocenters. The summed E-state index contributed by atoms with van der Waals surface area (Å²) in [5, 5.41) is 0. The Morgan fingerprint density at radius 3 is 2.67 bits per heavy atom. The van der Waals surface area contributed by atoms with Gasteiger partial charge in [-0.3, -0.25) is 0 Å². The first kappa shape index (κ1) is 11.1. The monoisotopic (exact) mass is 271 g/mol. The lowest BCUT2D eigenvalue weighted by molar-refractivity contribution is 0.418. The molecule has 1 aliphatic carbocycles. The fourth-order valence-corrected chi connectivity index (χ4v) is 2.44. The predicted octanol–water partition coefficient (Wildman–Crippen LogP) is 3.26. The van der Waals surface area contributed by atoms with Crippen molar-refractivity contribution in [3.05, 3.63) is 34.1 Å². The first-order valence-electron chi connectivity index (χ1n) is 5.23. The lowest BCUT2D eigenvalue weighted by Gasteiger charge is -2.19. The second kappa shape index (κ2) is 3.87. The van der Waals surface area contributed by atoms with Crippen molar-refractivity contribution < 1.29 is 4.39 Å². The van der Waals surface area contributed by atoms with Gasteiger partial charge in [0.2, 0.25) is 0 Å². The first-order valence-corrected chi connectivity index (χ1v) is 6.02. The molecule has 1 aromatic carbocycles. The molecule has 1 saturated carbocycles. The summed E-state index contributed by atoms with van der Waals surface area (Å²) < 4.78 is 13.6. The number of hydrogen-bond acceptors (Lipinski definition) is 1. The van der Waals surface area contributed by atoms with E-state index in [4.69, 9.17) is 5.73 Å². The quantitative estimate of drug-likeness (QED) is 0.898. The predicted molar refractivity (Wildman–Crippen MR) is 63.1 cm³/mol. The molecule has 1 fully saturated rings. The Kier molecular flexibility index (Phi) is 2.86. The summed E-state index contributed by atoms with van der Waals surface area (Å²) in [5.41, 5.74) is 7.40. The van der Waals surface area contributed by atoms with E-state index in [1.807, 2.05) is 12.1 Å². The Balaban J connectivity index is 2.15. The van der Waals surface area contributed by atoms with Gasteiger partial charge in [0.05, 0.1) is 4.47 Å². The molecular formula is C12H15BrFN. The minimum Gasteiger partial charge on any atom is -0.327 e. The Morgan fingerprint density at radius 2 is 2.20 bits per heavy atom. The minimum atomic E-state index is -0.204. The van der Waals surface area contributed by atoms with Crippen LogP contribution in [0.2, 0.25) is 0 Å². The average molecular weight is 272 g/mol. The van der Waals surface area contributed by atoms with E-state index in [1.54, 1.807) is 0 Å². The Hall–Kier alpha value is -0.410. The molecule has 82 valence electrons.